The SMILES string of the molecule is CC(C)(C)C1COc2cnc3ccc(OCCCN)cc3c2C1. The van der Waals surface area contributed by atoms with Crippen LogP contribution in [0.5, 0.6) is 11.5 Å². The molecule has 1 aliphatic heterocycles. The molecule has 1 aromatic carbocycles. The van der Waals surface area contributed by atoms with Crippen molar-refractivity contribution in [1.82, 2.24) is 4.98 Å². The van der Waals surface area contributed by atoms with E-state index in [9.17, 15) is 0 Å². The number of aromatic nitrogens is 1. The molecule has 0 radical (unpaired) electrons. The van der Waals surface area contributed by atoms with Gasteiger partial charge in [0, 0.05) is 16.9 Å². The molecule has 0 bridgehead atoms. The fraction of sp³-hybridized carbons (Fsp3) is 0.526. The van der Waals surface area contributed by atoms with E-state index in [1.54, 1.807) is 0 Å². The number of nitrogens with two attached hydrogens (primary N) is 1. The number of pyridine rings is 1. The van der Waals surface area contributed by atoms with Gasteiger partial charge in [0.15, 0.2) is 0 Å². The lowest BCUT2D eigenvalue weighted by Gasteiger charge is -2.35. The predicted octanol–water partition coefficient (Wildman–Crippen LogP) is 3.56. The lowest BCUT2D eigenvalue weighted by atomic mass is 9.76. The first-order chi connectivity index (χ1) is 11.0. The molecule has 3 rings (SSSR count). The van der Waals surface area contributed by atoms with E-state index in [1.165, 1.54) is 5.56 Å². The van der Waals surface area contributed by atoms with Gasteiger partial charge in [0.1, 0.15) is 11.5 Å². The van der Waals surface area contributed by atoms with Crippen molar-refractivity contribution in [2.24, 2.45) is 17.1 Å². The molecule has 23 heavy (non-hydrogen) atoms. The van der Waals surface area contributed by atoms with Crippen molar-refractivity contribution in [2.75, 3.05) is 19.8 Å². The van der Waals surface area contributed by atoms with Gasteiger partial charge in [-0.1, -0.05) is 20.8 Å². The lowest BCUT2D eigenvalue weighted by molar-refractivity contribution is 0.127. The summed E-state index contributed by atoms with van der Waals surface area (Å²) in [5, 5.41) is 1.14. The number of rotatable bonds is 4. The summed E-state index contributed by atoms with van der Waals surface area (Å²) in [5.41, 5.74) is 8.00. The average Bonchev–Trinajstić information content (AvgIpc) is 2.53. The Morgan fingerprint density at radius 1 is 1.35 bits per heavy atom. The molecule has 0 aliphatic carbocycles. The van der Waals surface area contributed by atoms with Gasteiger partial charge in [-0.15, -0.1) is 0 Å². The molecular weight excluding hydrogens is 288 g/mol. The second-order valence-electron chi connectivity index (χ2n) is 7.35. The average molecular weight is 314 g/mol. The van der Waals surface area contributed by atoms with Gasteiger partial charge in [0.2, 0.25) is 0 Å². The number of hydrogen-bond acceptors (Lipinski definition) is 4. The third kappa shape index (κ3) is 3.42. The van der Waals surface area contributed by atoms with Crippen LogP contribution in [0, 0.1) is 11.3 Å². The molecular formula is C19H26N2O2. The minimum absolute atomic E-state index is 0.225. The number of nitrogens with zero attached hydrogens (tertiary/aromatic N) is 1. The van der Waals surface area contributed by atoms with E-state index < -0.39 is 0 Å². The highest BCUT2D eigenvalue weighted by Gasteiger charge is 2.31. The largest absolute Gasteiger partial charge is 0.494 e. The first-order valence-corrected chi connectivity index (χ1v) is 8.36. The van der Waals surface area contributed by atoms with Crippen LogP contribution in [-0.4, -0.2) is 24.7 Å². The summed E-state index contributed by atoms with van der Waals surface area (Å²) in [4.78, 5) is 4.52. The third-order valence-electron chi connectivity index (χ3n) is 4.64. The van der Waals surface area contributed by atoms with Crippen LogP contribution in [0.25, 0.3) is 10.9 Å². The Kier molecular flexibility index (Phi) is 4.44. The summed E-state index contributed by atoms with van der Waals surface area (Å²) in [7, 11) is 0. The highest BCUT2D eigenvalue weighted by Crippen LogP contribution is 2.39. The van der Waals surface area contributed by atoms with E-state index in [2.05, 4.69) is 31.8 Å². The van der Waals surface area contributed by atoms with Crippen molar-refractivity contribution >= 4 is 10.9 Å². The predicted molar refractivity (Wildman–Crippen MR) is 93.1 cm³/mol. The van der Waals surface area contributed by atoms with Crippen LogP contribution in [-0.2, 0) is 6.42 Å². The van der Waals surface area contributed by atoms with Gasteiger partial charge < -0.3 is 15.2 Å². The molecule has 1 aliphatic rings. The van der Waals surface area contributed by atoms with E-state index in [0.29, 0.717) is 19.1 Å². The maximum absolute atomic E-state index is 5.99. The minimum Gasteiger partial charge on any atom is -0.494 e. The number of fused-ring (bicyclic) bond motifs is 3. The maximum atomic E-state index is 5.99. The lowest BCUT2D eigenvalue weighted by Crippen LogP contribution is -2.32. The van der Waals surface area contributed by atoms with Gasteiger partial charge in [-0.25, -0.2) is 0 Å². The summed E-state index contributed by atoms with van der Waals surface area (Å²) in [6.45, 7) is 8.87. The fourth-order valence-electron chi connectivity index (χ4n) is 2.96. The van der Waals surface area contributed by atoms with E-state index in [1.807, 2.05) is 18.3 Å². The maximum Gasteiger partial charge on any atom is 0.141 e. The van der Waals surface area contributed by atoms with Crippen molar-refractivity contribution in [3.8, 4) is 11.5 Å². The molecule has 0 spiro atoms. The van der Waals surface area contributed by atoms with Crippen molar-refractivity contribution in [2.45, 2.75) is 33.6 Å². The van der Waals surface area contributed by atoms with Gasteiger partial charge in [-0.3, -0.25) is 4.98 Å². The fourth-order valence-corrected chi connectivity index (χ4v) is 2.96. The Bertz CT molecular complexity index is 692. The van der Waals surface area contributed by atoms with Crippen LogP contribution in [0.1, 0.15) is 32.8 Å². The Morgan fingerprint density at radius 2 is 2.17 bits per heavy atom. The van der Waals surface area contributed by atoms with Gasteiger partial charge >= 0.3 is 0 Å². The van der Waals surface area contributed by atoms with Crippen molar-refractivity contribution in [3.05, 3.63) is 30.0 Å². The molecule has 2 N–H and O–H groups in total. The van der Waals surface area contributed by atoms with E-state index in [4.69, 9.17) is 15.2 Å². The Balaban J connectivity index is 1.95. The summed E-state index contributed by atoms with van der Waals surface area (Å²) >= 11 is 0. The van der Waals surface area contributed by atoms with Crippen molar-refractivity contribution in [1.29, 1.82) is 0 Å². The third-order valence-corrected chi connectivity index (χ3v) is 4.64. The molecule has 124 valence electrons. The molecule has 0 saturated carbocycles. The van der Waals surface area contributed by atoms with Gasteiger partial charge in [0.05, 0.1) is 24.9 Å². The normalized spacial score (nSPS) is 17.7. The quantitative estimate of drug-likeness (QED) is 0.877. The minimum atomic E-state index is 0.225. The van der Waals surface area contributed by atoms with Crippen LogP contribution < -0.4 is 15.2 Å². The van der Waals surface area contributed by atoms with Crippen molar-refractivity contribution < 1.29 is 9.47 Å². The zero-order valence-corrected chi connectivity index (χ0v) is 14.3. The monoisotopic (exact) mass is 314 g/mol. The first-order valence-electron chi connectivity index (χ1n) is 8.36. The molecule has 1 atom stereocenters. The molecule has 0 fully saturated rings. The Labute approximate surface area is 138 Å². The molecule has 4 nitrogen and oxygen atoms in total. The zero-order valence-electron chi connectivity index (χ0n) is 14.3. The number of ether oxygens (including phenoxy) is 2. The Morgan fingerprint density at radius 3 is 2.91 bits per heavy atom. The number of benzene rings is 1. The summed E-state index contributed by atoms with van der Waals surface area (Å²) in [5.74, 6) is 2.29. The van der Waals surface area contributed by atoms with Crippen LogP contribution in [0.2, 0.25) is 0 Å². The Hall–Kier alpha value is -1.81. The van der Waals surface area contributed by atoms with Crippen LogP contribution in [0.4, 0.5) is 0 Å². The van der Waals surface area contributed by atoms with Crippen molar-refractivity contribution in [3.63, 3.8) is 0 Å². The van der Waals surface area contributed by atoms with Crippen LogP contribution in [0.3, 0.4) is 0 Å². The highest BCUT2D eigenvalue weighted by atomic mass is 16.5. The molecule has 2 aromatic rings. The summed E-state index contributed by atoms with van der Waals surface area (Å²) in [6, 6.07) is 6.09. The molecule has 1 unspecified atom stereocenters. The standard InChI is InChI=1S/C19H26N2O2/c1-19(2,3)13-9-16-15-10-14(22-8-4-7-20)5-6-17(15)21-11-18(16)23-12-13/h5-6,10-11,13H,4,7-9,12,20H2,1-3H3. The smallest absolute Gasteiger partial charge is 0.141 e. The second-order valence-corrected chi connectivity index (χ2v) is 7.35. The molecule has 0 amide bonds. The molecule has 2 heterocycles. The first kappa shape index (κ1) is 16.1. The van der Waals surface area contributed by atoms with E-state index in [0.717, 1.165) is 41.9 Å². The number of hydrogen-bond donors (Lipinski definition) is 1. The summed E-state index contributed by atoms with van der Waals surface area (Å²) in [6.07, 6.45) is 3.73. The van der Waals surface area contributed by atoms with Gasteiger partial charge in [-0.05, 0) is 43.0 Å². The molecule has 4 heteroatoms. The topological polar surface area (TPSA) is 57.4 Å². The molecule has 1 aromatic heterocycles. The summed E-state index contributed by atoms with van der Waals surface area (Å²) < 4.78 is 11.8. The molecule has 0 saturated heterocycles. The van der Waals surface area contributed by atoms with Gasteiger partial charge in [-0.2, -0.15) is 0 Å². The van der Waals surface area contributed by atoms with Gasteiger partial charge in [0.25, 0.3) is 0 Å². The van der Waals surface area contributed by atoms with E-state index >= 15 is 0 Å². The zero-order chi connectivity index (χ0) is 16.4. The second kappa shape index (κ2) is 6.36. The van der Waals surface area contributed by atoms with Crippen LogP contribution >= 0.6 is 0 Å². The highest BCUT2D eigenvalue weighted by molar-refractivity contribution is 5.85. The van der Waals surface area contributed by atoms with Crippen LogP contribution in [0.15, 0.2) is 24.4 Å². The van der Waals surface area contributed by atoms with E-state index in [-0.39, 0.29) is 5.41 Å².